The van der Waals surface area contributed by atoms with Crippen molar-refractivity contribution < 1.29 is 0 Å². The van der Waals surface area contributed by atoms with Crippen molar-refractivity contribution in [1.82, 2.24) is 0 Å². The molecule has 0 unspecified atom stereocenters. The summed E-state index contributed by atoms with van der Waals surface area (Å²) >= 11 is 1.86. The van der Waals surface area contributed by atoms with E-state index in [0.717, 1.165) is 17.1 Å². The number of rotatable bonds is 8. The SMILES string of the molecule is c1ccc(-c2ccc(-c3ccc(N(c4cccc(-c5cccc(-c6ccc7ccccc7c6)c5)c4)c4ccccc4-c4ccc5sc6ccccc6c5c4)cc3)cc2)cc1. The first-order chi connectivity index (χ1) is 29.7. The first-order valence-electron chi connectivity index (χ1n) is 20.5. The average Bonchev–Trinajstić information content (AvgIpc) is 3.70. The zero-order valence-corrected chi connectivity index (χ0v) is 33.7. The van der Waals surface area contributed by atoms with Gasteiger partial charge in [-0.2, -0.15) is 0 Å². The van der Waals surface area contributed by atoms with Crippen LogP contribution in [0.5, 0.6) is 0 Å². The van der Waals surface area contributed by atoms with Crippen molar-refractivity contribution >= 4 is 59.3 Å². The highest BCUT2D eigenvalue weighted by molar-refractivity contribution is 7.25. The normalized spacial score (nSPS) is 11.3. The molecule has 0 fully saturated rings. The van der Waals surface area contributed by atoms with Crippen LogP contribution in [0.1, 0.15) is 0 Å². The molecular weight excluding hydrogens is 743 g/mol. The molecule has 2 heteroatoms. The van der Waals surface area contributed by atoms with Gasteiger partial charge in [-0.15, -0.1) is 11.3 Å². The van der Waals surface area contributed by atoms with Gasteiger partial charge in [0.1, 0.15) is 0 Å². The van der Waals surface area contributed by atoms with E-state index in [1.54, 1.807) is 0 Å². The number of fused-ring (bicyclic) bond motifs is 4. The summed E-state index contributed by atoms with van der Waals surface area (Å²) in [6.45, 7) is 0. The third-order valence-electron chi connectivity index (χ3n) is 11.7. The van der Waals surface area contributed by atoms with Crippen LogP contribution in [-0.2, 0) is 0 Å². The fourth-order valence-electron chi connectivity index (χ4n) is 8.59. The third-order valence-corrected chi connectivity index (χ3v) is 12.8. The molecule has 1 nitrogen and oxygen atoms in total. The molecule has 1 heterocycles. The second-order valence-electron chi connectivity index (χ2n) is 15.3. The second kappa shape index (κ2) is 15.3. The van der Waals surface area contributed by atoms with Crippen molar-refractivity contribution in [3.63, 3.8) is 0 Å². The minimum absolute atomic E-state index is 1.09. The molecule has 282 valence electrons. The predicted octanol–water partition coefficient (Wildman–Crippen LogP) is 17.0. The number of hydrogen-bond donors (Lipinski definition) is 0. The lowest BCUT2D eigenvalue weighted by Crippen LogP contribution is -2.11. The van der Waals surface area contributed by atoms with Crippen LogP contribution in [0.2, 0.25) is 0 Å². The number of benzene rings is 10. The minimum Gasteiger partial charge on any atom is -0.310 e. The lowest BCUT2D eigenvalue weighted by atomic mass is 9.96. The van der Waals surface area contributed by atoms with E-state index in [-0.39, 0.29) is 0 Å². The molecule has 0 aliphatic heterocycles. The van der Waals surface area contributed by atoms with Crippen molar-refractivity contribution in [3.05, 3.63) is 237 Å². The van der Waals surface area contributed by atoms with Gasteiger partial charge in [-0.25, -0.2) is 0 Å². The number of anilines is 3. The quantitative estimate of drug-likeness (QED) is 0.148. The largest absolute Gasteiger partial charge is 0.310 e. The molecular formula is C58H39NS. The van der Waals surface area contributed by atoms with Crippen molar-refractivity contribution in [1.29, 1.82) is 0 Å². The highest BCUT2D eigenvalue weighted by Crippen LogP contribution is 2.44. The lowest BCUT2D eigenvalue weighted by Gasteiger charge is -2.28. The van der Waals surface area contributed by atoms with Gasteiger partial charge in [-0.05, 0) is 122 Å². The topological polar surface area (TPSA) is 3.24 Å². The summed E-state index contributed by atoms with van der Waals surface area (Å²) in [5.74, 6) is 0. The Balaban J connectivity index is 1.01. The molecule has 10 aromatic carbocycles. The molecule has 11 rings (SSSR count). The zero-order chi connectivity index (χ0) is 39.8. The molecule has 0 aliphatic carbocycles. The van der Waals surface area contributed by atoms with E-state index in [0.29, 0.717) is 0 Å². The minimum atomic E-state index is 1.09. The van der Waals surface area contributed by atoms with E-state index >= 15 is 0 Å². The molecule has 0 bridgehead atoms. The van der Waals surface area contributed by atoms with Crippen LogP contribution in [0, 0.1) is 0 Å². The molecule has 60 heavy (non-hydrogen) atoms. The molecule has 11 aromatic rings. The van der Waals surface area contributed by atoms with E-state index in [1.807, 2.05) is 11.3 Å². The smallest absolute Gasteiger partial charge is 0.0540 e. The van der Waals surface area contributed by atoms with Gasteiger partial charge in [0.15, 0.2) is 0 Å². The monoisotopic (exact) mass is 781 g/mol. The van der Waals surface area contributed by atoms with Gasteiger partial charge in [0, 0.05) is 37.1 Å². The van der Waals surface area contributed by atoms with Crippen LogP contribution in [0.25, 0.3) is 86.6 Å². The first-order valence-corrected chi connectivity index (χ1v) is 21.3. The Bertz CT molecular complexity index is 3310. The van der Waals surface area contributed by atoms with E-state index in [1.165, 1.54) is 86.6 Å². The van der Waals surface area contributed by atoms with E-state index < -0.39 is 0 Å². The average molecular weight is 782 g/mol. The molecule has 0 aliphatic rings. The Morgan fingerprint density at radius 2 is 0.800 bits per heavy atom. The molecule has 1 aromatic heterocycles. The van der Waals surface area contributed by atoms with Gasteiger partial charge >= 0.3 is 0 Å². The van der Waals surface area contributed by atoms with Crippen molar-refractivity contribution in [2.75, 3.05) is 4.90 Å². The Hall–Kier alpha value is -7.52. The molecule has 0 radical (unpaired) electrons. The maximum absolute atomic E-state index is 2.42. The van der Waals surface area contributed by atoms with Crippen molar-refractivity contribution in [2.24, 2.45) is 0 Å². The number of para-hydroxylation sites is 1. The molecule has 0 saturated heterocycles. The Morgan fingerprint density at radius 1 is 0.267 bits per heavy atom. The van der Waals surface area contributed by atoms with Crippen LogP contribution in [0.3, 0.4) is 0 Å². The summed E-state index contributed by atoms with van der Waals surface area (Å²) in [6, 6.07) is 86.2. The zero-order valence-electron chi connectivity index (χ0n) is 32.9. The van der Waals surface area contributed by atoms with E-state index in [2.05, 4.69) is 241 Å². The Labute approximate surface area is 354 Å². The molecule has 0 saturated carbocycles. The van der Waals surface area contributed by atoms with Crippen LogP contribution >= 0.6 is 11.3 Å². The lowest BCUT2D eigenvalue weighted by molar-refractivity contribution is 1.28. The van der Waals surface area contributed by atoms with Crippen LogP contribution in [-0.4, -0.2) is 0 Å². The molecule has 0 spiro atoms. The van der Waals surface area contributed by atoms with Crippen LogP contribution < -0.4 is 4.90 Å². The summed E-state index contributed by atoms with van der Waals surface area (Å²) in [6.07, 6.45) is 0. The van der Waals surface area contributed by atoms with E-state index in [9.17, 15) is 0 Å². The fraction of sp³-hybridized carbons (Fsp3) is 0. The summed E-state index contributed by atoms with van der Waals surface area (Å²) in [7, 11) is 0. The van der Waals surface area contributed by atoms with Crippen LogP contribution in [0.4, 0.5) is 17.1 Å². The van der Waals surface area contributed by atoms with Crippen LogP contribution in [0.15, 0.2) is 237 Å². The summed E-state index contributed by atoms with van der Waals surface area (Å²) in [5, 5.41) is 5.10. The maximum atomic E-state index is 2.42. The van der Waals surface area contributed by atoms with Gasteiger partial charge in [-0.1, -0.05) is 176 Å². The van der Waals surface area contributed by atoms with Crippen molar-refractivity contribution in [3.8, 4) is 55.6 Å². The number of thiophene rings is 1. The molecule has 0 amide bonds. The summed E-state index contributed by atoms with van der Waals surface area (Å²) in [4.78, 5) is 2.42. The highest BCUT2D eigenvalue weighted by Gasteiger charge is 2.19. The van der Waals surface area contributed by atoms with Gasteiger partial charge in [0.25, 0.3) is 0 Å². The fourth-order valence-corrected chi connectivity index (χ4v) is 9.68. The molecule has 0 atom stereocenters. The Kier molecular flexibility index (Phi) is 9.11. The second-order valence-corrected chi connectivity index (χ2v) is 16.4. The van der Waals surface area contributed by atoms with Gasteiger partial charge in [0.05, 0.1) is 5.69 Å². The van der Waals surface area contributed by atoms with Gasteiger partial charge in [-0.3, -0.25) is 0 Å². The predicted molar refractivity (Wildman–Crippen MR) is 259 cm³/mol. The summed E-state index contributed by atoms with van der Waals surface area (Å²) in [5.41, 5.74) is 15.3. The van der Waals surface area contributed by atoms with E-state index in [4.69, 9.17) is 0 Å². The standard InChI is InChI=1S/C58H39NS/c1-2-12-40(13-3-1)42-24-26-43(27-25-42)44-30-33-51(34-31-44)59(56-22-8-6-20-53(56)50-32-35-58-55(39-50)54-21-7-9-23-57(54)60-58)52-19-11-18-48(38-52)46-16-10-17-47(37-46)49-29-28-41-14-4-5-15-45(41)36-49/h1-39H. The number of nitrogens with zero attached hydrogens (tertiary/aromatic N) is 1. The van der Waals surface area contributed by atoms with Gasteiger partial charge < -0.3 is 4.90 Å². The first kappa shape index (κ1) is 35.6. The Morgan fingerprint density at radius 3 is 1.58 bits per heavy atom. The summed E-state index contributed by atoms with van der Waals surface area (Å²) < 4.78 is 2.62. The highest BCUT2D eigenvalue weighted by atomic mass is 32.1. The molecule has 0 N–H and O–H groups in total. The maximum Gasteiger partial charge on any atom is 0.0540 e. The number of hydrogen-bond acceptors (Lipinski definition) is 2. The third kappa shape index (κ3) is 6.73. The van der Waals surface area contributed by atoms with Crippen molar-refractivity contribution in [2.45, 2.75) is 0 Å². The van der Waals surface area contributed by atoms with Gasteiger partial charge in [0.2, 0.25) is 0 Å².